The van der Waals surface area contributed by atoms with Crippen LogP contribution in [-0.2, 0) is 4.79 Å². The smallest absolute Gasteiger partial charge is 0.386 e. The van der Waals surface area contributed by atoms with Crippen LogP contribution < -0.4 is 16.2 Å². The first-order valence-corrected chi connectivity index (χ1v) is 12.9. The highest BCUT2D eigenvalue weighted by Crippen LogP contribution is 2.36. The van der Waals surface area contributed by atoms with E-state index in [4.69, 9.17) is 22.1 Å². The molecule has 0 saturated carbocycles. The first-order valence-electron chi connectivity index (χ1n) is 11.7. The molecule has 0 saturated heterocycles. The molecule has 0 unspecified atom stereocenters. The Morgan fingerprint density at radius 2 is 2.00 bits per heavy atom. The van der Waals surface area contributed by atoms with Gasteiger partial charge in [0.05, 0.1) is 27.1 Å². The maximum absolute atomic E-state index is 12.7. The fourth-order valence-electron chi connectivity index (χ4n) is 3.04. The number of carbonyl (C=O) groups excluding carboxylic acids is 1. The number of benzene rings is 1. The molecule has 0 radical (unpaired) electrons. The number of halogens is 4. The molecule has 2 rings (SSSR count). The zero-order chi connectivity index (χ0) is 29.9. The first kappa shape index (κ1) is 33.8. The van der Waals surface area contributed by atoms with E-state index in [1.54, 1.807) is 25.1 Å². The van der Waals surface area contributed by atoms with Crippen LogP contribution in [0.4, 0.5) is 13.2 Å². The number of aromatic nitrogens is 3. The molecule has 1 aromatic heterocycles. The first-order chi connectivity index (χ1) is 18.1. The van der Waals surface area contributed by atoms with Crippen molar-refractivity contribution in [3.05, 3.63) is 66.1 Å². The van der Waals surface area contributed by atoms with Crippen LogP contribution in [0.1, 0.15) is 65.4 Å². The molecule has 2 aromatic rings. The summed E-state index contributed by atoms with van der Waals surface area (Å²) in [5, 5.41) is 18.5. The molecule has 0 spiro atoms. The summed E-state index contributed by atoms with van der Waals surface area (Å²) in [6.07, 6.45) is 0.430. The van der Waals surface area contributed by atoms with Gasteiger partial charge in [0.2, 0.25) is 11.1 Å². The SMILES string of the molecule is CC(F)(F)F.CC/C=C\C(=C(/C)Sc1n[nH]c(=O)n1-c1cc(Cl)c(OCCCC(N)=O)cc1C(C)C)[N+](=O)[O-]. The van der Waals surface area contributed by atoms with Crippen molar-refractivity contribution < 1.29 is 27.6 Å². The molecule has 0 atom stereocenters. The molecule has 0 bridgehead atoms. The van der Waals surface area contributed by atoms with Crippen molar-refractivity contribution in [1.82, 2.24) is 14.8 Å². The minimum atomic E-state index is -4.00. The average Bonchev–Trinajstić information content (AvgIpc) is 3.15. The third-order valence-electron chi connectivity index (χ3n) is 4.72. The van der Waals surface area contributed by atoms with Gasteiger partial charge in [0, 0.05) is 19.4 Å². The Labute approximate surface area is 232 Å². The van der Waals surface area contributed by atoms with E-state index in [0.717, 1.165) is 17.3 Å². The van der Waals surface area contributed by atoms with E-state index < -0.39 is 22.7 Å². The number of nitrogens with zero attached hydrogens (tertiary/aromatic N) is 3. The van der Waals surface area contributed by atoms with Crippen molar-refractivity contribution in [2.45, 2.75) is 71.1 Å². The van der Waals surface area contributed by atoms with Crippen molar-refractivity contribution in [3.8, 4) is 11.4 Å². The average molecular weight is 594 g/mol. The number of nitro groups is 1. The number of hydrogen-bond acceptors (Lipinski definition) is 7. The van der Waals surface area contributed by atoms with Crippen LogP contribution >= 0.6 is 23.4 Å². The zero-order valence-electron chi connectivity index (χ0n) is 22.1. The lowest BCUT2D eigenvalue weighted by Gasteiger charge is -2.17. The van der Waals surface area contributed by atoms with Gasteiger partial charge in [-0.2, -0.15) is 13.2 Å². The molecule has 1 aromatic carbocycles. The summed E-state index contributed by atoms with van der Waals surface area (Å²) >= 11 is 7.46. The minimum Gasteiger partial charge on any atom is -0.492 e. The van der Waals surface area contributed by atoms with E-state index in [2.05, 4.69) is 10.2 Å². The van der Waals surface area contributed by atoms with Gasteiger partial charge in [0.1, 0.15) is 5.75 Å². The normalized spacial score (nSPS) is 12.3. The van der Waals surface area contributed by atoms with Crippen molar-refractivity contribution >= 4 is 29.3 Å². The summed E-state index contributed by atoms with van der Waals surface area (Å²) in [7, 11) is 0. The topological polar surface area (TPSA) is 146 Å². The van der Waals surface area contributed by atoms with Crippen LogP contribution in [-0.4, -0.2) is 38.4 Å². The van der Waals surface area contributed by atoms with Gasteiger partial charge in [-0.3, -0.25) is 14.9 Å². The predicted octanol–water partition coefficient (Wildman–Crippen LogP) is 6.12. The number of allylic oxidation sites excluding steroid dienone is 3. The third-order valence-corrected chi connectivity index (χ3v) is 5.99. The molecule has 15 heteroatoms. The number of amides is 1. The summed E-state index contributed by atoms with van der Waals surface area (Å²) in [6, 6.07) is 3.35. The van der Waals surface area contributed by atoms with E-state index in [1.807, 2.05) is 20.8 Å². The summed E-state index contributed by atoms with van der Waals surface area (Å²) < 4.78 is 38.1. The number of primary amides is 1. The Kier molecular flexibility index (Phi) is 13.3. The number of alkyl halides is 3. The molecule has 3 N–H and O–H groups in total. The number of nitrogens with two attached hydrogens (primary N) is 1. The molecule has 0 fully saturated rings. The van der Waals surface area contributed by atoms with Crippen molar-refractivity contribution in [2.24, 2.45) is 5.73 Å². The number of aromatic amines is 1. The second-order valence-corrected chi connectivity index (χ2v) is 10.0. The van der Waals surface area contributed by atoms with Gasteiger partial charge in [-0.1, -0.05) is 38.4 Å². The molecule has 10 nitrogen and oxygen atoms in total. The number of hydrogen-bond donors (Lipinski definition) is 2. The van der Waals surface area contributed by atoms with Crippen LogP contribution in [0.15, 0.2) is 44.8 Å². The fraction of sp³-hybridized carbons (Fsp3) is 0.458. The van der Waals surface area contributed by atoms with Gasteiger partial charge in [-0.15, -0.1) is 5.10 Å². The summed E-state index contributed by atoms with van der Waals surface area (Å²) in [5.41, 5.74) is 5.83. The third kappa shape index (κ3) is 11.6. The van der Waals surface area contributed by atoms with E-state index in [-0.39, 0.29) is 41.7 Å². The van der Waals surface area contributed by atoms with Gasteiger partial charge >= 0.3 is 11.9 Å². The molecule has 0 aliphatic rings. The maximum atomic E-state index is 12.7. The Balaban J connectivity index is 0.00000139. The predicted molar refractivity (Wildman–Crippen MR) is 144 cm³/mol. The quantitative estimate of drug-likeness (QED) is 0.0991. The highest BCUT2D eigenvalue weighted by molar-refractivity contribution is 8.02. The molecule has 216 valence electrons. The molecule has 39 heavy (non-hydrogen) atoms. The standard InChI is InChI=1S/C22H28ClN5O5S.C2H3F3/c1-5-6-8-17(28(31)32)14(4)34-22-26-25-21(30)27(22)18-12-16(23)19(11-15(18)13(2)3)33-10-7-9-20(24)29;1-2(3,4)5/h6,8,11-13H,5,7,9-10H2,1-4H3,(H2,24,29)(H,25,30);1H3/b8-6-,17-14-;. The zero-order valence-corrected chi connectivity index (χ0v) is 23.7. The van der Waals surface area contributed by atoms with Crippen LogP contribution in [0.25, 0.3) is 5.69 Å². The van der Waals surface area contributed by atoms with Gasteiger partial charge in [-0.05, 0) is 55.1 Å². The summed E-state index contributed by atoms with van der Waals surface area (Å²) in [6.45, 7) is 7.83. The molecular formula is C24H31ClF3N5O5S. The van der Waals surface area contributed by atoms with E-state index in [0.29, 0.717) is 29.2 Å². The van der Waals surface area contributed by atoms with Crippen molar-refractivity contribution in [1.29, 1.82) is 0 Å². The lowest BCUT2D eigenvalue weighted by atomic mass is 10.0. The van der Waals surface area contributed by atoms with Crippen LogP contribution in [0.3, 0.4) is 0 Å². The molecular weight excluding hydrogens is 563 g/mol. The summed E-state index contributed by atoms with van der Waals surface area (Å²) in [5.74, 6) is -0.00820. The fourth-order valence-corrected chi connectivity index (χ4v) is 4.14. The highest BCUT2D eigenvalue weighted by atomic mass is 35.5. The Bertz CT molecular complexity index is 1270. The highest BCUT2D eigenvalue weighted by Gasteiger charge is 2.22. The molecule has 0 aliphatic carbocycles. The lowest BCUT2D eigenvalue weighted by Crippen LogP contribution is -2.18. The summed E-state index contributed by atoms with van der Waals surface area (Å²) in [4.78, 5) is 35.0. The Morgan fingerprint density at radius 3 is 2.51 bits per heavy atom. The second-order valence-electron chi connectivity index (χ2n) is 8.45. The van der Waals surface area contributed by atoms with E-state index >= 15 is 0 Å². The van der Waals surface area contributed by atoms with Gasteiger partial charge in [0.15, 0.2) is 0 Å². The van der Waals surface area contributed by atoms with Gasteiger partial charge in [-0.25, -0.2) is 14.5 Å². The van der Waals surface area contributed by atoms with Gasteiger partial charge in [0.25, 0.3) is 5.70 Å². The van der Waals surface area contributed by atoms with Crippen LogP contribution in [0.5, 0.6) is 5.75 Å². The van der Waals surface area contributed by atoms with Crippen LogP contribution in [0, 0.1) is 10.1 Å². The number of rotatable bonds is 12. The largest absolute Gasteiger partial charge is 0.492 e. The number of nitrogens with one attached hydrogen (secondary N) is 1. The number of H-pyrrole nitrogens is 1. The van der Waals surface area contributed by atoms with Crippen molar-refractivity contribution in [2.75, 3.05) is 6.61 Å². The van der Waals surface area contributed by atoms with Gasteiger partial charge < -0.3 is 10.5 Å². The van der Waals surface area contributed by atoms with Crippen molar-refractivity contribution in [3.63, 3.8) is 0 Å². The number of thioether (sulfide) groups is 1. The molecule has 1 amide bonds. The van der Waals surface area contributed by atoms with E-state index in [1.165, 1.54) is 10.6 Å². The second kappa shape index (κ2) is 15.4. The minimum absolute atomic E-state index is 0.0154. The number of ether oxygens (including phenoxy) is 1. The maximum Gasteiger partial charge on any atom is 0.386 e. The molecule has 0 aliphatic heterocycles. The van der Waals surface area contributed by atoms with E-state index in [9.17, 15) is 32.9 Å². The van der Waals surface area contributed by atoms with Crippen LogP contribution in [0.2, 0.25) is 5.02 Å². The monoisotopic (exact) mass is 593 g/mol. The lowest BCUT2D eigenvalue weighted by molar-refractivity contribution is -0.419. The number of carbonyl (C=O) groups is 1. The Hall–Kier alpha value is -3.26. The Morgan fingerprint density at radius 1 is 1.38 bits per heavy atom. The molecule has 1 heterocycles.